The van der Waals surface area contributed by atoms with E-state index < -0.39 is 0 Å². The first-order valence-corrected chi connectivity index (χ1v) is 4.48. The van der Waals surface area contributed by atoms with Gasteiger partial charge in [0.1, 0.15) is 6.29 Å². The lowest BCUT2D eigenvalue weighted by atomic mass is 10.0. The van der Waals surface area contributed by atoms with Gasteiger partial charge in [-0.25, -0.2) is 0 Å². The van der Waals surface area contributed by atoms with Gasteiger partial charge in [0.25, 0.3) is 0 Å². The molecule has 0 spiro atoms. The summed E-state index contributed by atoms with van der Waals surface area (Å²) in [6.07, 6.45) is 0.998. The van der Waals surface area contributed by atoms with Crippen LogP contribution in [0, 0.1) is 0 Å². The van der Waals surface area contributed by atoms with E-state index in [0.29, 0.717) is 0 Å². The number of piperazine rings is 1. The highest BCUT2D eigenvalue weighted by Gasteiger charge is 2.26. The number of carbonyl (C=O) groups is 1. The van der Waals surface area contributed by atoms with Gasteiger partial charge >= 0.3 is 0 Å². The smallest absolute Gasteiger partial charge is 0.138 e. The highest BCUT2D eigenvalue weighted by Crippen LogP contribution is 2.14. The summed E-state index contributed by atoms with van der Waals surface area (Å²) in [5.41, 5.74) is 0.184. The average molecular weight is 170 g/mol. The molecule has 1 rings (SSSR count). The zero-order valence-corrected chi connectivity index (χ0v) is 8.13. The maximum Gasteiger partial charge on any atom is 0.138 e. The number of aldehydes is 1. The van der Waals surface area contributed by atoms with Crippen LogP contribution in [0.2, 0.25) is 0 Å². The minimum Gasteiger partial charge on any atom is -0.305 e. The minimum atomic E-state index is 0.0259. The Balaban J connectivity index is 2.51. The molecule has 0 amide bonds. The fourth-order valence-electron chi connectivity index (χ4n) is 1.48. The first-order chi connectivity index (χ1) is 5.54. The Kier molecular flexibility index (Phi) is 2.85. The summed E-state index contributed by atoms with van der Waals surface area (Å²) in [6, 6.07) is 0.0259. The van der Waals surface area contributed by atoms with E-state index in [1.165, 1.54) is 0 Å². The van der Waals surface area contributed by atoms with Crippen LogP contribution in [0.1, 0.15) is 20.8 Å². The van der Waals surface area contributed by atoms with E-state index in [0.717, 1.165) is 25.9 Å². The Morgan fingerprint density at radius 3 is 2.67 bits per heavy atom. The van der Waals surface area contributed by atoms with E-state index in [-0.39, 0.29) is 11.6 Å². The van der Waals surface area contributed by atoms with Gasteiger partial charge in [-0.15, -0.1) is 0 Å². The van der Waals surface area contributed by atoms with E-state index >= 15 is 0 Å². The number of hydrogen-bond donors (Lipinski definition) is 1. The normalized spacial score (nSPS) is 27.1. The Morgan fingerprint density at radius 2 is 2.17 bits per heavy atom. The van der Waals surface area contributed by atoms with Crippen LogP contribution in [0.25, 0.3) is 0 Å². The maximum absolute atomic E-state index is 10.5. The van der Waals surface area contributed by atoms with Crippen molar-refractivity contribution in [2.24, 2.45) is 0 Å². The molecule has 12 heavy (non-hydrogen) atoms. The summed E-state index contributed by atoms with van der Waals surface area (Å²) in [6.45, 7) is 9.34. The molecule has 1 saturated heterocycles. The number of hydrogen-bond acceptors (Lipinski definition) is 3. The van der Waals surface area contributed by atoms with Crippen LogP contribution in [-0.4, -0.2) is 42.4 Å². The maximum atomic E-state index is 10.5. The van der Waals surface area contributed by atoms with Crippen LogP contribution < -0.4 is 5.32 Å². The van der Waals surface area contributed by atoms with Gasteiger partial charge in [-0.2, -0.15) is 0 Å². The first-order valence-electron chi connectivity index (χ1n) is 4.48. The van der Waals surface area contributed by atoms with Crippen molar-refractivity contribution in [1.29, 1.82) is 0 Å². The van der Waals surface area contributed by atoms with Crippen LogP contribution in [0.5, 0.6) is 0 Å². The highest BCUT2D eigenvalue weighted by molar-refractivity contribution is 5.58. The minimum absolute atomic E-state index is 0.0259. The monoisotopic (exact) mass is 170 g/mol. The fraction of sp³-hybridized carbons (Fsp3) is 0.889. The molecule has 1 heterocycles. The van der Waals surface area contributed by atoms with Gasteiger partial charge in [-0.1, -0.05) is 0 Å². The van der Waals surface area contributed by atoms with E-state index in [2.05, 4.69) is 31.0 Å². The highest BCUT2D eigenvalue weighted by atomic mass is 16.1. The summed E-state index contributed by atoms with van der Waals surface area (Å²) in [5.74, 6) is 0. The first kappa shape index (κ1) is 9.68. The summed E-state index contributed by atoms with van der Waals surface area (Å²) >= 11 is 0. The quantitative estimate of drug-likeness (QED) is 0.573. The Morgan fingerprint density at radius 1 is 1.50 bits per heavy atom. The van der Waals surface area contributed by atoms with E-state index in [4.69, 9.17) is 0 Å². The predicted molar refractivity (Wildman–Crippen MR) is 49.2 cm³/mol. The van der Waals surface area contributed by atoms with Gasteiger partial charge in [0, 0.05) is 25.2 Å². The van der Waals surface area contributed by atoms with E-state index in [1.54, 1.807) is 0 Å². The zero-order chi connectivity index (χ0) is 9.19. The van der Waals surface area contributed by atoms with Gasteiger partial charge in [-0.3, -0.25) is 4.90 Å². The third kappa shape index (κ3) is 2.29. The van der Waals surface area contributed by atoms with Crippen LogP contribution in [-0.2, 0) is 4.79 Å². The number of carbonyl (C=O) groups excluding carboxylic acids is 1. The molecule has 0 saturated carbocycles. The number of nitrogens with zero attached hydrogens (tertiary/aromatic N) is 1. The van der Waals surface area contributed by atoms with Gasteiger partial charge in [-0.05, 0) is 20.8 Å². The van der Waals surface area contributed by atoms with Crippen molar-refractivity contribution >= 4 is 6.29 Å². The molecular formula is C9H18N2O. The number of nitrogens with one attached hydrogen (secondary N) is 1. The summed E-state index contributed by atoms with van der Waals surface area (Å²) in [5, 5.41) is 3.16. The standard InChI is InChI=1S/C9H18N2O/c1-9(2,3)11-5-4-10-8(6-11)7-12/h7-8,10H,4-6H2,1-3H3/t8-/m0/s1. The van der Waals surface area contributed by atoms with Gasteiger partial charge in [0.15, 0.2) is 0 Å². The van der Waals surface area contributed by atoms with Crippen molar-refractivity contribution in [3.8, 4) is 0 Å². The molecule has 0 bridgehead atoms. The van der Waals surface area contributed by atoms with Gasteiger partial charge in [0.05, 0.1) is 6.04 Å². The van der Waals surface area contributed by atoms with E-state index in [9.17, 15) is 4.79 Å². The molecule has 70 valence electrons. The summed E-state index contributed by atoms with van der Waals surface area (Å²) in [4.78, 5) is 12.9. The number of rotatable bonds is 1. The van der Waals surface area contributed by atoms with Crippen LogP contribution in [0.4, 0.5) is 0 Å². The molecule has 1 fully saturated rings. The van der Waals surface area contributed by atoms with Crippen molar-refractivity contribution in [2.75, 3.05) is 19.6 Å². The molecule has 0 aromatic heterocycles. The second-order valence-corrected chi connectivity index (χ2v) is 4.31. The molecule has 0 aromatic carbocycles. The largest absolute Gasteiger partial charge is 0.305 e. The zero-order valence-electron chi connectivity index (χ0n) is 8.13. The van der Waals surface area contributed by atoms with Crippen molar-refractivity contribution in [1.82, 2.24) is 10.2 Å². The second kappa shape index (κ2) is 3.54. The summed E-state index contributed by atoms with van der Waals surface area (Å²) < 4.78 is 0. The third-order valence-corrected chi connectivity index (χ3v) is 2.32. The second-order valence-electron chi connectivity index (χ2n) is 4.31. The third-order valence-electron chi connectivity index (χ3n) is 2.32. The van der Waals surface area contributed by atoms with Crippen LogP contribution in [0.3, 0.4) is 0 Å². The SMILES string of the molecule is CC(C)(C)N1CCN[C@H](C=O)C1. The molecule has 1 N–H and O–H groups in total. The molecule has 3 nitrogen and oxygen atoms in total. The average Bonchev–Trinajstić information content (AvgIpc) is 2.03. The summed E-state index contributed by atoms with van der Waals surface area (Å²) in [7, 11) is 0. The lowest BCUT2D eigenvalue weighted by molar-refractivity contribution is -0.111. The Bertz CT molecular complexity index is 162. The Hall–Kier alpha value is -0.410. The van der Waals surface area contributed by atoms with Crippen LogP contribution in [0.15, 0.2) is 0 Å². The topological polar surface area (TPSA) is 32.3 Å². The predicted octanol–water partition coefficient (Wildman–Crippen LogP) is 0.258. The molecule has 0 aliphatic carbocycles. The molecule has 0 unspecified atom stereocenters. The molecule has 1 atom stereocenters. The molecule has 0 radical (unpaired) electrons. The van der Waals surface area contributed by atoms with Gasteiger partial charge in [0.2, 0.25) is 0 Å². The van der Waals surface area contributed by atoms with Crippen LogP contribution >= 0.6 is 0 Å². The fourth-order valence-corrected chi connectivity index (χ4v) is 1.48. The lowest BCUT2D eigenvalue weighted by Gasteiger charge is -2.40. The molecule has 1 aliphatic heterocycles. The molecule has 0 aromatic rings. The molecular weight excluding hydrogens is 152 g/mol. The Labute approximate surface area is 74.1 Å². The lowest BCUT2D eigenvalue weighted by Crippen LogP contribution is -2.57. The van der Waals surface area contributed by atoms with E-state index in [1.807, 2.05) is 0 Å². The van der Waals surface area contributed by atoms with Crippen molar-refractivity contribution < 1.29 is 4.79 Å². The van der Waals surface area contributed by atoms with Crippen molar-refractivity contribution in [2.45, 2.75) is 32.4 Å². The van der Waals surface area contributed by atoms with Gasteiger partial charge < -0.3 is 10.1 Å². The molecule has 1 aliphatic rings. The van der Waals surface area contributed by atoms with Crippen molar-refractivity contribution in [3.63, 3.8) is 0 Å². The molecule has 3 heteroatoms. The van der Waals surface area contributed by atoms with Crippen molar-refractivity contribution in [3.05, 3.63) is 0 Å².